The van der Waals surface area contributed by atoms with Gasteiger partial charge in [-0.1, -0.05) is 18.2 Å². The Bertz CT molecular complexity index is 811. The van der Waals surface area contributed by atoms with Gasteiger partial charge < -0.3 is 9.88 Å². The van der Waals surface area contributed by atoms with E-state index in [1.54, 1.807) is 12.1 Å². The number of nitrogens with zero attached hydrogens (tertiary/aromatic N) is 1. The number of carbonyl (C=O) groups is 1. The number of aryl methyl sites for hydroxylation is 1. The number of carbonyl (C=O) groups excluding carboxylic acids is 1. The van der Waals surface area contributed by atoms with E-state index in [1.807, 2.05) is 25.4 Å². The van der Waals surface area contributed by atoms with Crippen LogP contribution in [0, 0.1) is 5.82 Å². The number of para-hydroxylation sites is 1. The molecule has 1 N–H and O–H groups in total. The lowest BCUT2D eigenvalue weighted by Gasteiger charge is -2.04. The molecule has 5 heteroatoms. The SMILES string of the molecule is Cn1cc(SCC(=O)Nc2ccc(F)cc2)c2ccccc21. The Labute approximate surface area is 132 Å². The number of rotatable bonds is 4. The summed E-state index contributed by atoms with van der Waals surface area (Å²) in [5.41, 5.74) is 1.74. The van der Waals surface area contributed by atoms with Gasteiger partial charge in [0.15, 0.2) is 0 Å². The van der Waals surface area contributed by atoms with Crippen LogP contribution >= 0.6 is 11.8 Å². The van der Waals surface area contributed by atoms with E-state index < -0.39 is 0 Å². The van der Waals surface area contributed by atoms with Crippen LogP contribution in [0.1, 0.15) is 0 Å². The van der Waals surface area contributed by atoms with Gasteiger partial charge in [0, 0.05) is 34.7 Å². The summed E-state index contributed by atoms with van der Waals surface area (Å²) in [4.78, 5) is 13.1. The van der Waals surface area contributed by atoms with Crippen LogP contribution in [0.15, 0.2) is 59.6 Å². The molecule has 1 amide bonds. The molecule has 0 unspecified atom stereocenters. The third kappa shape index (κ3) is 3.14. The van der Waals surface area contributed by atoms with E-state index in [0.29, 0.717) is 11.4 Å². The zero-order valence-electron chi connectivity index (χ0n) is 12.0. The maximum Gasteiger partial charge on any atom is 0.234 e. The molecule has 2 aromatic carbocycles. The molecule has 3 rings (SSSR count). The fourth-order valence-electron chi connectivity index (χ4n) is 2.29. The van der Waals surface area contributed by atoms with Crippen LogP contribution in [0.5, 0.6) is 0 Å². The summed E-state index contributed by atoms with van der Waals surface area (Å²) in [7, 11) is 1.99. The van der Waals surface area contributed by atoms with E-state index >= 15 is 0 Å². The highest BCUT2D eigenvalue weighted by Crippen LogP contribution is 2.29. The first kappa shape index (κ1) is 14.7. The van der Waals surface area contributed by atoms with Crippen LogP contribution in [-0.2, 0) is 11.8 Å². The molecule has 0 spiro atoms. The smallest absolute Gasteiger partial charge is 0.234 e. The van der Waals surface area contributed by atoms with E-state index in [9.17, 15) is 9.18 Å². The van der Waals surface area contributed by atoms with Crippen molar-refractivity contribution in [3.63, 3.8) is 0 Å². The first-order valence-corrected chi connectivity index (χ1v) is 7.84. The summed E-state index contributed by atoms with van der Waals surface area (Å²) in [5, 5.41) is 3.90. The third-order valence-corrected chi connectivity index (χ3v) is 4.39. The lowest BCUT2D eigenvalue weighted by atomic mass is 10.2. The normalized spacial score (nSPS) is 10.8. The van der Waals surface area contributed by atoms with Crippen LogP contribution in [0.4, 0.5) is 10.1 Å². The first-order chi connectivity index (χ1) is 10.6. The van der Waals surface area contributed by atoms with Crippen molar-refractivity contribution in [1.82, 2.24) is 4.57 Å². The van der Waals surface area contributed by atoms with Gasteiger partial charge in [-0.05, 0) is 30.3 Å². The number of nitrogens with one attached hydrogen (secondary N) is 1. The molecule has 0 aliphatic rings. The zero-order valence-corrected chi connectivity index (χ0v) is 12.9. The van der Waals surface area contributed by atoms with Gasteiger partial charge in [0.05, 0.1) is 5.75 Å². The minimum atomic E-state index is -0.317. The molecular formula is C17H15FN2OS. The molecular weight excluding hydrogens is 299 g/mol. The largest absolute Gasteiger partial charge is 0.349 e. The summed E-state index contributed by atoms with van der Waals surface area (Å²) in [6.45, 7) is 0. The molecule has 0 saturated heterocycles. The molecule has 0 radical (unpaired) electrons. The highest BCUT2D eigenvalue weighted by atomic mass is 32.2. The Hall–Kier alpha value is -2.27. The molecule has 3 aromatic rings. The summed E-state index contributed by atoms with van der Waals surface area (Å²) < 4.78 is 14.9. The molecule has 0 saturated carbocycles. The molecule has 0 bridgehead atoms. The van der Waals surface area contributed by atoms with Crippen LogP contribution < -0.4 is 5.32 Å². The molecule has 1 heterocycles. The fourth-order valence-corrected chi connectivity index (χ4v) is 3.21. The van der Waals surface area contributed by atoms with Gasteiger partial charge >= 0.3 is 0 Å². The second-order valence-electron chi connectivity index (χ2n) is 4.97. The number of thioether (sulfide) groups is 1. The number of halogens is 1. The summed E-state index contributed by atoms with van der Waals surface area (Å²) in [6, 6.07) is 13.9. The van der Waals surface area contributed by atoms with Gasteiger partial charge in [-0.3, -0.25) is 4.79 Å². The molecule has 22 heavy (non-hydrogen) atoms. The van der Waals surface area contributed by atoms with Gasteiger partial charge in [-0.25, -0.2) is 4.39 Å². The Morgan fingerprint density at radius 3 is 2.68 bits per heavy atom. The van der Waals surface area contributed by atoms with Crippen molar-refractivity contribution in [3.05, 3.63) is 60.5 Å². The molecule has 0 aliphatic carbocycles. The number of aromatic nitrogens is 1. The molecule has 3 nitrogen and oxygen atoms in total. The van der Waals surface area contributed by atoms with Crippen LogP contribution in [0.3, 0.4) is 0 Å². The number of fused-ring (bicyclic) bond motifs is 1. The number of hydrogen-bond donors (Lipinski definition) is 1. The van der Waals surface area contributed by atoms with E-state index in [4.69, 9.17) is 0 Å². The van der Waals surface area contributed by atoms with Crippen LogP contribution in [-0.4, -0.2) is 16.2 Å². The standard InChI is InChI=1S/C17H15FN2OS/c1-20-10-16(14-4-2-3-5-15(14)20)22-11-17(21)19-13-8-6-12(18)7-9-13/h2-10H,11H2,1H3,(H,19,21). The number of benzene rings is 2. The Morgan fingerprint density at radius 2 is 1.91 bits per heavy atom. The average molecular weight is 314 g/mol. The highest BCUT2D eigenvalue weighted by Gasteiger charge is 2.09. The first-order valence-electron chi connectivity index (χ1n) is 6.86. The van der Waals surface area contributed by atoms with Crippen molar-refractivity contribution in [1.29, 1.82) is 0 Å². The zero-order chi connectivity index (χ0) is 15.5. The lowest BCUT2D eigenvalue weighted by molar-refractivity contribution is -0.113. The molecule has 0 atom stereocenters. The van der Waals surface area contributed by atoms with Crippen molar-refractivity contribution in [2.75, 3.05) is 11.1 Å². The fraction of sp³-hybridized carbons (Fsp3) is 0.118. The van der Waals surface area contributed by atoms with Gasteiger partial charge in [0.2, 0.25) is 5.91 Å². The van der Waals surface area contributed by atoms with Gasteiger partial charge in [-0.2, -0.15) is 0 Å². The minimum absolute atomic E-state index is 0.107. The average Bonchev–Trinajstić information content (AvgIpc) is 2.85. The topological polar surface area (TPSA) is 34.0 Å². The molecule has 0 aliphatic heterocycles. The quantitative estimate of drug-likeness (QED) is 0.737. The maximum absolute atomic E-state index is 12.8. The van der Waals surface area contributed by atoms with E-state index in [-0.39, 0.29) is 11.7 Å². The van der Waals surface area contributed by atoms with Crippen molar-refractivity contribution >= 4 is 34.3 Å². The van der Waals surface area contributed by atoms with Gasteiger partial charge in [0.25, 0.3) is 0 Å². The van der Waals surface area contributed by atoms with E-state index in [2.05, 4.69) is 22.0 Å². The van der Waals surface area contributed by atoms with Crippen LogP contribution in [0.25, 0.3) is 10.9 Å². The Kier molecular flexibility index (Phi) is 4.15. The van der Waals surface area contributed by atoms with Crippen molar-refractivity contribution < 1.29 is 9.18 Å². The van der Waals surface area contributed by atoms with Crippen molar-refractivity contribution in [2.24, 2.45) is 7.05 Å². The van der Waals surface area contributed by atoms with Crippen LogP contribution in [0.2, 0.25) is 0 Å². The van der Waals surface area contributed by atoms with E-state index in [0.717, 1.165) is 15.8 Å². The number of hydrogen-bond acceptors (Lipinski definition) is 2. The minimum Gasteiger partial charge on any atom is -0.349 e. The Balaban J connectivity index is 1.66. The second-order valence-corrected chi connectivity index (χ2v) is 5.98. The number of anilines is 1. The highest BCUT2D eigenvalue weighted by molar-refractivity contribution is 8.00. The second kappa shape index (κ2) is 6.23. The maximum atomic E-state index is 12.8. The van der Waals surface area contributed by atoms with Crippen molar-refractivity contribution in [2.45, 2.75) is 4.90 Å². The molecule has 112 valence electrons. The lowest BCUT2D eigenvalue weighted by Crippen LogP contribution is -2.13. The third-order valence-electron chi connectivity index (χ3n) is 3.35. The van der Waals surface area contributed by atoms with Gasteiger partial charge in [-0.15, -0.1) is 11.8 Å². The molecule has 1 aromatic heterocycles. The predicted octanol–water partition coefficient (Wildman–Crippen LogP) is 4.05. The predicted molar refractivity (Wildman–Crippen MR) is 88.7 cm³/mol. The van der Waals surface area contributed by atoms with E-state index in [1.165, 1.54) is 23.9 Å². The van der Waals surface area contributed by atoms with Crippen molar-refractivity contribution in [3.8, 4) is 0 Å². The monoisotopic (exact) mass is 314 g/mol. The summed E-state index contributed by atoms with van der Waals surface area (Å²) >= 11 is 1.49. The summed E-state index contributed by atoms with van der Waals surface area (Å²) in [5.74, 6) is -0.113. The number of amides is 1. The van der Waals surface area contributed by atoms with Gasteiger partial charge in [0.1, 0.15) is 5.82 Å². The molecule has 0 fully saturated rings. The summed E-state index contributed by atoms with van der Waals surface area (Å²) in [6.07, 6.45) is 2.03. The Morgan fingerprint density at radius 1 is 1.18 bits per heavy atom.